The van der Waals surface area contributed by atoms with Crippen molar-refractivity contribution < 1.29 is 9.53 Å². The Balaban J connectivity index is 1.82. The Bertz CT molecular complexity index is 1030. The number of hydrogen-bond donors (Lipinski definition) is 0. The van der Waals surface area contributed by atoms with Gasteiger partial charge in [-0.25, -0.2) is 4.79 Å². The topological polar surface area (TPSA) is 26.3 Å². The number of benzene rings is 3. The third-order valence-electron chi connectivity index (χ3n) is 5.13. The predicted octanol–water partition coefficient (Wildman–Crippen LogP) is 6.29. The van der Waals surface area contributed by atoms with Crippen LogP contribution in [0, 0.1) is 0 Å². The molecule has 0 aliphatic carbocycles. The molecule has 0 radical (unpaired) electrons. The molecule has 3 heteroatoms. The fraction of sp³-hybridized carbons (Fsp3) is 0.207. The second-order valence-corrected chi connectivity index (χ2v) is 10.2. The average molecular weight is 443 g/mol. The highest BCUT2D eigenvalue weighted by Gasteiger charge is 2.22. The summed E-state index contributed by atoms with van der Waals surface area (Å²) in [4.78, 5) is 13.1. The van der Waals surface area contributed by atoms with E-state index in [1.165, 1.54) is 21.8 Å². The van der Waals surface area contributed by atoms with E-state index in [0.29, 0.717) is 12.2 Å². The molecule has 0 aromatic heterocycles. The van der Waals surface area contributed by atoms with Crippen molar-refractivity contribution in [3.63, 3.8) is 0 Å². The van der Waals surface area contributed by atoms with Crippen LogP contribution in [0.15, 0.2) is 108 Å². The number of hydrogen-bond acceptors (Lipinski definition) is 2. The van der Waals surface area contributed by atoms with Crippen LogP contribution >= 0.6 is 7.92 Å². The molecular formula is C29H31O2P. The van der Waals surface area contributed by atoms with E-state index in [2.05, 4.69) is 81.4 Å². The molecule has 0 atom stereocenters. The summed E-state index contributed by atoms with van der Waals surface area (Å²) in [6, 6.07) is 28.7. The maximum Gasteiger partial charge on any atom is 0.339 e. The van der Waals surface area contributed by atoms with Crippen LogP contribution in [0.25, 0.3) is 0 Å². The van der Waals surface area contributed by atoms with Crippen LogP contribution in [0.1, 0.15) is 44.0 Å². The van der Waals surface area contributed by atoms with Gasteiger partial charge in [-0.3, -0.25) is 0 Å². The molecule has 32 heavy (non-hydrogen) atoms. The summed E-state index contributed by atoms with van der Waals surface area (Å²) in [6.07, 6.45) is 6.23. The van der Waals surface area contributed by atoms with Crippen molar-refractivity contribution in [3.05, 3.63) is 114 Å². The standard InChI is InChI=1S/C29H31O2P/c1-23(2)13-12-14-24(3)21-22-31-29(30)27-19-10-11-20-28(27)32(25-15-6-4-7-16-25)26-17-8-5-9-18-26/h4-11,13,15-21H,12,14,22H2,1-3H3/b24-21+. The van der Waals surface area contributed by atoms with Crippen molar-refractivity contribution in [2.24, 2.45) is 0 Å². The van der Waals surface area contributed by atoms with Crippen molar-refractivity contribution in [2.45, 2.75) is 33.6 Å². The Morgan fingerprint density at radius 1 is 0.781 bits per heavy atom. The summed E-state index contributed by atoms with van der Waals surface area (Å²) in [5.41, 5.74) is 3.20. The highest BCUT2D eigenvalue weighted by atomic mass is 31.1. The lowest BCUT2D eigenvalue weighted by Gasteiger charge is -2.21. The predicted molar refractivity (Wildman–Crippen MR) is 138 cm³/mol. The fourth-order valence-corrected chi connectivity index (χ4v) is 5.89. The first-order chi connectivity index (χ1) is 15.6. The van der Waals surface area contributed by atoms with E-state index in [-0.39, 0.29) is 5.97 Å². The van der Waals surface area contributed by atoms with Crippen molar-refractivity contribution in [1.29, 1.82) is 0 Å². The van der Waals surface area contributed by atoms with Crippen molar-refractivity contribution in [3.8, 4) is 0 Å². The summed E-state index contributed by atoms with van der Waals surface area (Å²) in [5, 5.41) is 3.45. The van der Waals surface area contributed by atoms with Gasteiger partial charge in [0, 0.05) is 0 Å². The number of carbonyl (C=O) groups is 1. The lowest BCUT2D eigenvalue weighted by molar-refractivity contribution is 0.0550. The molecule has 164 valence electrons. The minimum absolute atomic E-state index is 0.270. The van der Waals surface area contributed by atoms with Crippen LogP contribution in [0.2, 0.25) is 0 Å². The molecule has 0 N–H and O–H groups in total. The second kappa shape index (κ2) is 12.2. The lowest BCUT2D eigenvalue weighted by atomic mass is 10.1. The molecule has 3 aromatic rings. The highest BCUT2D eigenvalue weighted by Crippen LogP contribution is 2.34. The Labute approximate surface area is 193 Å². The van der Waals surface area contributed by atoms with Gasteiger partial charge in [0.25, 0.3) is 0 Å². The van der Waals surface area contributed by atoms with Gasteiger partial charge in [0.15, 0.2) is 0 Å². The van der Waals surface area contributed by atoms with Gasteiger partial charge in [-0.05, 0) is 69.6 Å². The SMILES string of the molecule is CC(C)=CCC/C(C)=C/COC(=O)c1ccccc1P(c1ccccc1)c1ccccc1. The Hall–Kier alpha value is -2.96. The third-order valence-corrected chi connectivity index (χ3v) is 7.63. The first kappa shape index (κ1) is 23.7. The van der Waals surface area contributed by atoms with Gasteiger partial charge >= 0.3 is 5.97 Å². The van der Waals surface area contributed by atoms with Gasteiger partial charge in [0.05, 0.1) is 5.56 Å². The zero-order chi connectivity index (χ0) is 22.8. The summed E-state index contributed by atoms with van der Waals surface area (Å²) in [6.45, 7) is 6.60. The molecule has 3 rings (SSSR count). The van der Waals surface area contributed by atoms with Gasteiger partial charge < -0.3 is 4.74 Å². The average Bonchev–Trinajstić information content (AvgIpc) is 2.81. The first-order valence-corrected chi connectivity index (χ1v) is 12.4. The Kier molecular flexibility index (Phi) is 9.01. The van der Waals surface area contributed by atoms with Gasteiger partial charge in [-0.15, -0.1) is 0 Å². The van der Waals surface area contributed by atoms with Crippen molar-refractivity contribution in [2.75, 3.05) is 6.61 Å². The smallest absolute Gasteiger partial charge is 0.339 e. The minimum atomic E-state index is -0.864. The molecule has 0 unspecified atom stereocenters. The fourth-order valence-electron chi connectivity index (χ4n) is 3.45. The van der Waals surface area contributed by atoms with Crippen LogP contribution in [-0.4, -0.2) is 12.6 Å². The summed E-state index contributed by atoms with van der Waals surface area (Å²) in [5.74, 6) is -0.270. The van der Waals surface area contributed by atoms with Gasteiger partial charge in [-0.1, -0.05) is 96.1 Å². The second-order valence-electron chi connectivity index (χ2n) is 7.99. The van der Waals surface area contributed by atoms with E-state index in [9.17, 15) is 4.79 Å². The van der Waals surface area contributed by atoms with E-state index in [1.807, 2.05) is 36.4 Å². The maximum absolute atomic E-state index is 13.1. The molecule has 2 nitrogen and oxygen atoms in total. The molecule has 0 saturated carbocycles. The largest absolute Gasteiger partial charge is 0.458 e. The number of ether oxygens (including phenoxy) is 1. The van der Waals surface area contributed by atoms with Gasteiger partial charge in [0.1, 0.15) is 6.61 Å². The number of allylic oxidation sites excluding steroid dienone is 3. The van der Waals surface area contributed by atoms with Crippen LogP contribution in [0.5, 0.6) is 0 Å². The van der Waals surface area contributed by atoms with E-state index in [1.54, 1.807) is 0 Å². The molecule has 0 fully saturated rings. The summed E-state index contributed by atoms with van der Waals surface area (Å²) >= 11 is 0. The van der Waals surface area contributed by atoms with E-state index < -0.39 is 7.92 Å². The Morgan fingerprint density at radius 2 is 1.34 bits per heavy atom. The zero-order valence-corrected chi connectivity index (χ0v) is 20.0. The molecule has 0 saturated heterocycles. The van der Waals surface area contributed by atoms with Gasteiger partial charge in [0.2, 0.25) is 0 Å². The molecular weight excluding hydrogens is 411 g/mol. The summed E-state index contributed by atoms with van der Waals surface area (Å²) in [7, 11) is -0.864. The molecule has 0 aliphatic heterocycles. The van der Waals surface area contributed by atoms with Crippen molar-refractivity contribution in [1.82, 2.24) is 0 Å². The number of carbonyl (C=O) groups excluding carboxylic acids is 1. The highest BCUT2D eigenvalue weighted by molar-refractivity contribution is 7.80. The molecule has 0 aliphatic rings. The van der Waals surface area contributed by atoms with Crippen LogP contribution in [0.3, 0.4) is 0 Å². The molecule has 0 bridgehead atoms. The minimum Gasteiger partial charge on any atom is -0.458 e. The van der Waals surface area contributed by atoms with Crippen molar-refractivity contribution >= 4 is 29.8 Å². The first-order valence-electron chi connectivity index (χ1n) is 11.0. The monoisotopic (exact) mass is 442 g/mol. The zero-order valence-electron chi connectivity index (χ0n) is 19.1. The van der Waals surface area contributed by atoms with E-state index in [0.717, 1.165) is 18.1 Å². The molecule has 0 spiro atoms. The molecule has 0 heterocycles. The molecule has 3 aromatic carbocycles. The third kappa shape index (κ3) is 6.77. The van der Waals surface area contributed by atoms with Crippen LogP contribution < -0.4 is 15.9 Å². The van der Waals surface area contributed by atoms with Crippen LogP contribution in [-0.2, 0) is 4.74 Å². The summed E-state index contributed by atoms with van der Waals surface area (Å²) < 4.78 is 5.67. The van der Waals surface area contributed by atoms with Gasteiger partial charge in [-0.2, -0.15) is 0 Å². The number of esters is 1. The Morgan fingerprint density at radius 3 is 1.94 bits per heavy atom. The van der Waals surface area contributed by atoms with E-state index >= 15 is 0 Å². The number of rotatable bonds is 9. The lowest BCUT2D eigenvalue weighted by Crippen LogP contribution is -2.25. The van der Waals surface area contributed by atoms with Crippen LogP contribution in [0.4, 0.5) is 0 Å². The molecule has 0 amide bonds. The normalized spacial score (nSPS) is 11.3. The quantitative estimate of drug-likeness (QED) is 0.221. The van der Waals surface area contributed by atoms with E-state index in [4.69, 9.17) is 4.74 Å². The maximum atomic E-state index is 13.1.